The standard InChI is InChI=1S/C14H22FNO2/c1-4-5-14(18-3)12(16)9-10-6-7-13(17-2)11(15)8-10/h6-8,12,14H,4-5,9,16H2,1-3H3. The first-order valence-corrected chi connectivity index (χ1v) is 6.23. The van der Waals surface area contributed by atoms with E-state index in [4.69, 9.17) is 15.2 Å². The highest BCUT2D eigenvalue weighted by atomic mass is 19.1. The molecule has 0 aliphatic rings. The second kappa shape index (κ2) is 7.34. The van der Waals surface area contributed by atoms with Crippen LogP contribution in [0.4, 0.5) is 4.39 Å². The minimum absolute atomic E-state index is 0.0140. The molecule has 0 aliphatic carbocycles. The van der Waals surface area contributed by atoms with Gasteiger partial charge in [-0.3, -0.25) is 0 Å². The van der Waals surface area contributed by atoms with Gasteiger partial charge in [-0.1, -0.05) is 19.4 Å². The van der Waals surface area contributed by atoms with Gasteiger partial charge in [-0.25, -0.2) is 4.39 Å². The molecule has 3 nitrogen and oxygen atoms in total. The van der Waals surface area contributed by atoms with E-state index in [2.05, 4.69) is 6.92 Å². The lowest BCUT2D eigenvalue weighted by Crippen LogP contribution is -2.37. The molecule has 0 spiro atoms. The van der Waals surface area contributed by atoms with Crippen molar-refractivity contribution in [1.29, 1.82) is 0 Å². The Kier molecular flexibility index (Phi) is 6.09. The Bertz CT molecular complexity index is 371. The number of rotatable bonds is 7. The summed E-state index contributed by atoms with van der Waals surface area (Å²) in [5, 5.41) is 0. The number of hydrogen-bond donors (Lipinski definition) is 1. The number of nitrogens with two attached hydrogens (primary N) is 1. The first-order valence-electron chi connectivity index (χ1n) is 6.23. The summed E-state index contributed by atoms with van der Waals surface area (Å²) in [5.41, 5.74) is 6.95. The van der Waals surface area contributed by atoms with Crippen LogP contribution >= 0.6 is 0 Å². The summed E-state index contributed by atoms with van der Waals surface area (Å²) in [4.78, 5) is 0. The smallest absolute Gasteiger partial charge is 0.165 e. The predicted octanol–water partition coefficient (Wildman–Crippen LogP) is 2.52. The normalized spacial score (nSPS) is 14.3. The van der Waals surface area contributed by atoms with Crippen molar-refractivity contribution in [1.82, 2.24) is 0 Å². The molecule has 1 aromatic carbocycles. The number of halogens is 1. The van der Waals surface area contributed by atoms with E-state index in [1.807, 2.05) is 6.07 Å². The zero-order valence-electron chi connectivity index (χ0n) is 11.3. The molecule has 1 rings (SSSR count). The Morgan fingerprint density at radius 3 is 2.56 bits per heavy atom. The van der Waals surface area contributed by atoms with Crippen LogP contribution in [0.1, 0.15) is 25.3 Å². The van der Waals surface area contributed by atoms with Crippen LogP contribution < -0.4 is 10.5 Å². The van der Waals surface area contributed by atoms with E-state index in [9.17, 15) is 4.39 Å². The van der Waals surface area contributed by atoms with Gasteiger partial charge in [0.1, 0.15) is 0 Å². The van der Waals surface area contributed by atoms with E-state index in [1.165, 1.54) is 13.2 Å². The summed E-state index contributed by atoms with van der Waals surface area (Å²) in [6, 6.07) is 4.80. The van der Waals surface area contributed by atoms with Crippen molar-refractivity contribution in [2.75, 3.05) is 14.2 Å². The van der Waals surface area contributed by atoms with E-state index in [-0.39, 0.29) is 23.7 Å². The zero-order valence-corrected chi connectivity index (χ0v) is 11.3. The maximum atomic E-state index is 13.5. The average Bonchev–Trinajstić information content (AvgIpc) is 2.36. The minimum atomic E-state index is -0.355. The fourth-order valence-electron chi connectivity index (χ4n) is 2.03. The van der Waals surface area contributed by atoms with Crippen LogP contribution in [0.2, 0.25) is 0 Å². The first kappa shape index (κ1) is 14.9. The third-order valence-electron chi connectivity index (χ3n) is 3.04. The highest BCUT2D eigenvalue weighted by Crippen LogP contribution is 2.19. The predicted molar refractivity (Wildman–Crippen MR) is 70.3 cm³/mol. The fraction of sp³-hybridized carbons (Fsp3) is 0.571. The lowest BCUT2D eigenvalue weighted by atomic mass is 9.99. The van der Waals surface area contributed by atoms with Crippen molar-refractivity contribution >= 4 is 0 Å². The summed E-state index contributed by atoms with van der Waals surface area (Å²) in [7, 11) is 3.11. The molecule has 2 atom stereocenters. The zero-order chi connectivity index (χ0) is 13.5. The Morgan fingerprint density at radius 2 is 2.06 bits per heavy atom. The molecule has 0 radical (unpaired) electrons. The topological polar surface area (TPSA) is 44.5 Å². The molecule has 0 bridgehead atoms. The number of ether oxygens (including phenoxy) is 2. The molecule has 0 aromatic heterocycles. The van der Waals surface area contributed by atoms with Crippen LogP contribution in [-0.4, -0.2) is 26.4 Å². The van der Waals surface area contributed by atoms with Crippen molar-refractivity contribution in [3.05, 3.63) is 29.6 Å². The SMILES string of the molecule is CCCC(OC)C(N)Cc1ccc(OC)c(F)c1. The van der Waals surface area contributed by atoms with Crippen LogP contribution in [0.3, 0.4) is 0 Å². The monoisotopic (exact) mass is 255 g/mol. The molecule has 0 aliphatic heterocycles. The van der Waals surface area contributed by atoms with E-state index in [0.29, 0.717) is 6.42 Å². The summed E-state index contributed by atoms with van der Waals surface area (Å²) < 4.78 is 23.8. The van der Waals surface area contributed by atoms with E-state index in [1.54, 1.807) is 13.2 Å². The van der Waals surface area contributed by atoms with Crippen LogP contribution in [-0.2, 0) is 11.2 Å². The lowest BCUT2D eigenvalue weighted by Gasteiger charge is -2.22. The molecule has 0 fully saturated rings. The quantitative estimate of drug-likeness (QED) is 0.814. The molecule has 0 saturated carbocycles. The van der Waals surface area contributed by atoms with Gasteiger partial charge >= 0.3 is 0 Å². The van der Waals surface area contributed by atoms with Crippen LogP contribution in [0.5, 0.6) is 5.75 Å². The fourth-order valence-corrected chi connectivity index (χ4v) is 2.03. The molecule has 102 valence electrons. The van der Waals surface area contributed by atoms with Crippen molar-refractivity contribution in [3.8, 4) is 5.75 Å². The summed E-state index contributed by atoms with van der Waals surface area (Å²) in [6.45, 7) is 2.09. The molecule has 2 unspecified atom stereocenters. The Labute approximate surface area is 108 Å². The third-order valence-corrected chi connectivity index (χ3v) is 3.04. The first-order chi connectivity index (χ1) is 8.62. The van der Waals surface area contributed by atoms with E-state index >= 15 is 0 Å². The third kappa shape index (κ3) is 3.96. The van der Waals surface area contributed by atoms with Crippen LogP contribution in [0, 0.1) is 5.82 Å². The van der Waals surface area contributed by atoms with Gasteiger partial charge in [-0.15, -0.1) is 0 Å². The van der Waals surface area contributed by atoms with Gasteiger partial charge in [-0.2, -0.15) is 0 Å². The summed E-state index contributed by atoms with van der Waals surface area (Å²) in [5.74, 6) is -0.101. The maximum Gasteiger partial charge on any atom is 0.165 e. The number of hydrogen-bond acceptors (Lipinski definition) is 3. The number of benzene rings is 1. The van der Waals surface area contributed by atoms with Gasteiger partial charge in [0.05, 0.1) is 13.2 Å². The highest BCUT2D eigenvalue weighted by Gasteiger charge is 2.17. The highest BCUT2D eigenvalue weighted by molar-refractivity contribution is 5.29. The summed E-state index contributed by atoms with van der Waals surface area (Å²) >= 11 is 0. The molecule has 18 heavy (non-hydrogen) atoms. The average molecular weight is 255 g/mol. The second-order valence-electron chi connectivity index (χ2n) is 4.40. The van der Waals surface area contributed by atoms with Crippen molar-refractivity contribution in [2.24, 2.45) is 5.73 Å². The van der Waals surface area contributed by atoms with E-state index < -0.39 is 0 Å². The van der Waals surface area contributed by atoms with Gasteiger partial charge < -0.3 is 15.2 Å². The van der Waals surface area contributed by atoms with E-state index in [0.717, 1.165) is 18.4 Å². The largest absolute Gasteiger partial charge is 0.494 e. The molecule has 1 aromatic rings. The van der Waals surface area contributed by atoms with Crippen LogP contribution in [0.25, 0.3) is 0 Å². The molecule has 2 N–H and O–H groups in total. The summed E-state index contributed by atoms with van der Waals surface area (Å²) in [6.07, 6.45) is 2.54. The van der Waals surface area contributed by atoms with Crippen molar-refractivity contribution < 1.29 is 13.9 Å². The molecule has 0 saturated heterocycles. The molecule has 0 amide bonds. The van der Waals surface area contributed by atoms with Gasteiger partial charge in [0, 0.05) is 13.2 Å². The van der Waals surface area contributed by atoms with Gasteiger partial charge in [0.2, 0.25) is 0 Å². The van der Waals surface area contributed by atoms with Gasteiger partial charge in [0.15, 0.2) is 11.6 Å². The second-order valence-corrected chi connectivity index (χ2v) is 4.40. The van der Waals surface area contributed by atoms with Gasteiger partial charge in [0.25, 0.3) is 0 Å². The number of methoxy groups -OCH3 is 2. The van der Waals surface area contributed by atoms with Crippen LogP contribution in [0.15, 0.2) is 18.2 Å². The minimum Gasteiger partial charge on any atom is -0.494 e. The van der Waals surface area contributed by atoms with Crippen molar-refractivity contribution in [2.45, 2.75) is 38.3 Å². The lowest BCUT2D eigenvalue weighted by molar-refractivity contribution is 0.0726. The molecular weight excluding hydrogens is 233 g/mol. The molecule has 0 heterocycles. The molecule has 4 heteroatoms. The maximum absolute atomic E-state index is 13.5. The molecular formula is C14H22FNO2. The Morgan fingerprint density at radius 1 is 1.33 bits per heavy atom. The van der Waals surface area contributed by atoms with Gasteiger partial charge in [-0.05, 0) is 30.5 Å². The van der Waals surface area contributed by atoms with Crippen molar-refractivity contribution in [3.63, 3.8) is 0 Å². The Balaban J connectivity index is 2.68. The Hall–Kier alpha value is -1.13.